The van der Waals surface area contributed by atoms with Crippen LogP contribution < -0.4 is 0 Å². The molecule has 0 spiro atoms. The van der Waals surface area contributed by atoms with Crippen molar-refractivity contribution in [2.24, 2.45) is 0 Å². The van der Waals surface area contributed by atoms with Crippen molar-refractivity contribution >= 4 is 33.6 Å². The number of halogens is 1. The summed E-state index contributed by atoms with van der Waals surface area (Å²) in [4.78, 5) is 14.2. The number of carbonyl (C=O) groups excluding carboxylic acids is 1. The standard InChI is InChI=1S/C9H16BrNOS/c1-13-7-4-9(12)11-5-2-8(10)3-6-11/h8H,2-7H2,1H3. The minimum absolute atomic E-state index is 0.328. The highest BCUT2D eigenvalue weighted by Gasteiger charge is 2.20. The van der Waals surface area contributed by atoms with E-state index in [1.54, 1.807) is 11.8 Å². The minimum Gasteiger partial charge on any atom is -0.343 e. The van der Waals surface area contributed by atoms with Crippen molar-refractivity contribution in [3.8, 4) is 0 Å². The fraction of sp³-hybridized carbons (Fsp3) is 0.889. The van der Waals surface area contributed by atoms with Gasteiger partial charge in [0, 0.05) is 30.1 Å². The number of hydrogen-bond acceptors (Lipinski definition) is 2. The fourth-order valence-corrected chi connectivity index (χ4v) is 2.23. The molecule has 0 aromatic carbocycles. The molecule has 0 unspecified atom stereocenters. The predicted molar refractivity (Wildman–Crippen MR) is 61.5 cm³/mol. The SMILES string of the molecule is CSCCC(=O)N1CCC(Br)CC1. The molecule has 13 heavy (non-hydrogen) atoms. The van der Waals surface area contributed by atoms with E-state index < -0.39 is 0 Å². The Morgan fingerprint density at radius 2 is 2.15 bits per heavy atom. The smallest absolute Gasteiger partial charge is 0.223 e. The van der Waals surface area contributed by atoms with Crippen molar-refractivity contribution in [1.29, 1.82) is 0 Å². The Kier molecular flexibility index (Phi) is 5.17. The lowest BCUT2D eigenvalue weighted by molar-refractivity contribution is -0.131. The molecule has 0 N–H and O–H groups in total. The molecule has 0 atom stereocenters. The summed E-state index contributed by atoms with van der Waals surface area (Å²) in [5.74, 6) is 1.28. The van der Waals surface area contributed by atoms with E-state index in [1.165, 1.54) is 0 Å². The highest BCUT2D eigenvalue weighted by atomic mass is 79.9. The van der Waals surface area contributed by atoms with E-state index in [4.69, 9.17) is 0 Å². The van der Waals surface area contributed by atoms with Crippen molar-refractivity contribution in [2.75, 3.05) is 25.1 Å². The van der Waals surface area contributed by atoms with E-state index in [0.717, 1.165) is 31.7 Å². The minimum atomic E-state index is 0.328. The van der Waals surface area contributed by atoms with E-state index >= 15 is 0 Å². The lowest BCUT2D eigenvalue weighted by Crippen LogP contribution is -2.38. The molecular formula is C9H16BrNOS. The molecule has 0 bridgehead atoms. The van der Waals surface area contributed by atoms with Crippen molar-refractivity contribution in [1.82, 2.24) is 4.90 Å². The third-order valence-corrected chi connectivity index (χ3v) is 3.83. The second-order valence-electron chi connectivity index (χ2n) is 3.30. The van der Waals surface area contributed by atoms with Gasteiger partial charge in [0.15, 0.2) is 0 Å². The van der Waals surface area contributed by atoms with E-state index in [0.29, 0.717) is 17.2 Å². The van der Waals surface area contributed by atoms with Gasteiger partial charge in [-0.15, -0.1) is 0 Å². The van der Waals surface area contributed by atoms with Gasteiger partial charge in [0.25, 0.3) is 0 Å². The van der Waals surface area contributed by atoms with Crippen molar-refractivity contribution < 1.29 is 4.79 Å². The first kappa shape index (κ1) is 11.4. The molecule has 1 rings (SSSR count). The van der Waals surface area contributed by atoms with Gasteiger partial charge < -0.3 is 4.90 Å². The van der Waals surface area contributed by atoms with Crippen LogP contribution in [0.1, 0.15) is 19.3 Å². The predicted octanol–water partition coefficient (Wildman–Crippen LogP) is 2.13. The molecule has 1 aliphatic rings. The van der Waals surface area contributed by atoms with Gasteiger partial charge in [-0.3, -0.25) is 4.79 Å². The van der Waals surface area contributed by atoms with Crippen LogP contribution in [0.3, 0.4) is 0 Å². The fourth-order valence-electron chi connectivity index (χ4n) is 1.44. The van der Waals surface area contributed by atoms with Gasteiger partial charge in [-0.05, 0) is 19.1 Å². The summed E-state index contributed by atoms with van der Waals surface area (Å²) in [6.07, 6.45) is 4.95. The maximum Gasteiger partial charge on any atom is 0.223 e. The first-order chi connectivity index (χ1) is 6.24. The average molecular weight is 266 g/mol. The molecule has 4 heteroatoms. The molecule has 1 aliphatic heterocycles. The number of thioether (sulfide) groups is 1. The van der Waals surface area contributed by atoms with Crippen LogP contribution in [0, 0.1) is 0 Å². The van der Waals surface area contributed by atoms with Gasteiger partial charge in [-0.1, -0.05) is 15.9 Å². The number of hydrogen-bond donors (Lipinski definition) is 0. The lowest BCUT2D eigenvalue weighted by atomic mass is 10.1. The molecule has 1 amide bonds. The van der Waals surface area contributed by atoms with Crippen molar-refractivity contribution in [3.05, 3.63) is 0 Å². The monoisotopic (exact) mass is 265 g/mol. The summed E-state index contributed by atoms with van der Waals surface area (Å²) in [6, 6.07) is 0. The first-order valence-electron chi connectivity index (χ1n) is 4.65. The van der Waals surface area contributed by atoms with E-state index in [2.05, 4.69) is 15.9 Å². The maximum absolute atomic E-state index is 11.6. The summed E-state index contributed by atoms with van der Waals surface area (Å²) in [5, 5.41) is 0. The molecule has 0 radical (unpaired) electrons. The summed E-state index contributed by atoms with van der Waals surface area (Å²) >= 11 is 5.31. The number of nitrogens with zero attached hydrogens (tertiary/aromatic N) is 1. The molecule has 0 aliphatic carbocycles. The molecule has 0 saturated carbocycles. The van der Waals surface area contributed by atoms with Crippen LogP contribution in [-0.4, -0.2) is 40.7 Å². The van der Waals surface area contributed by atoms with E-state index in [1.807, 2.05) is 11.2 Å². The van der Waals surface area contributed by atoms with Crippen LogP contribution in [0.4, 0.5) is 0 Å². The number of alkyl halides is 1. The summed E-state index contributed by atoms with van der Waals surface area (Å²) in [7, 11) is 0. The number of carbonyl (C=O) groups is 1. The Bertz CT molecular complexity index is 169. The number of amides is 1. The number of likely N-dealkylation sites (tertiary alicyclic amines) is 1. The third kappa shape index (κ3) is 3.90. The van der Waals surface area contributed by atoms with Gasteiger partial charge in [-0.2, -0.15) is 11.8 Å². The Morgan fingerprint density at radius 3 is 2.69 bits per heavy atom. The largest absolute Gasteiger partial charge is 0.343 e. The van der Waals surface area contributed by atoms with Crippen LogP contribution in [0.25, 0.3) is 0 Å². The van der Waals surface area contributed by atoms with Gasteiger partial charge in [-0.25, -0.2) is 0 Å². The topological polar surface area (TPSA) is 20.3 Å². The molecular weight excluding hydrogens is 250 g/mol. The first-order valence-corrected chi connectivity index (χ1v) is 6.95. The normalized spacial score (nSPS) is 19.1. The zero-order valence-corrected chi connectivity index (χ0v) is 10.4. The molecule has 0 aromatic heterocycles. The van der Waals surface area contributed by atoms with Crippen LogP contribution in [0.5, 0.6) is 0 Å². The summed E-state index contributed by atoms with van der Waals surface area (Å²) in [5.41, 5.74) is 0. The Hall–Kier alpha value is 0.300. The van der Waals surface area contributed by atoms with Crippen LogP contribution in [0.15, 0.2) is 0 Å². The quantitative estimate of drug-likeness (QED) is 0.729. The highest BCUT2D eigenvalue weighted by molar-refractivity contribution is 9.09. The second kappa shape index (κ2) is 5.91. The van der Waals surface area contributed by atoms with Gasteiger partial charge >= 0.3 is 0 Å². The van der Waals surface area contributed by atoms with Crippen LogP contribution >= 0.6 is 27.7 Å². The third-order valence-electron chi connectivity index (χ3n) is 2.30. The molecule has 2 nitrogen and oxygen atoms in total. The average Bonchev–Trinajstić information content (AvgIpc) is 2.15. The van der Waals surface area contributed by atoms with Gasteiger partial charge in [0.05, 0.1) is 0 Å². The number of piperidine rings is 1. The number of rotatable bonds is 3. The second-order valence-corrected chi connectivity index (χ2v) is 5.58. The highest BCUT2D eigenvalue weighted by Crippen LogP contribution is 2.18. The van der Waals surface area contributed by atoms with Crippen LogP contribution in [-0.2, 0) is 4.79 Å². The zero-order valence-electron chi connectivity index (χ0n) is 7.96. The molecule has 76 valence electrons. The lowest BCUT2D eigenvalue weighted by Gasteiger charge is -2.29. The Balaban J connectivity index is 2.23. The Labute approximate surface area is 92.6 Å². The molecule has 1 fully saturated rings. The summed E-state index contributed by atoms with van der Waals surface area (Å²) in [6.45, 7) is 1.87. The van der Waals surface area contributed by atoms with Crippen molar-refractivity contribution in [3.63, 3.8) is 0 Å². The van der Waals surface area contributed by atoms with E-state index in [-0.39, 0.29) is 0 Å². The van der Waals surface area contributed by atoms with Gasteiger partial charge in [0.1, 0.15) is 0 Å². The molecule has 0 aromatic rings. The van der Waals surface area contributed by atoms with Crippen molar-refractivity contribution in [2.45, 2.75) is 24.1 Å². The van der Waals surface area contributed by atoms with Gasteiger partial charge in [0.2, 0.25) is 5.91 Å². The molecule has 1 saturated heterocycles. The summed E-state index contributed by atoms with van der Waals surface area (Å²) < 4.78 is 0. The van der Waals surface area contributed by atoms with E-state index in [9.17, 15) is 4.79 Å². The Morgan fingerprint density at radius 1 is 1.54 bits per heavy atom. The molecule has 1 heterocycles. The maximum atomic E-state index is 11.6. The zero-order chi connectivity index (χ0) is 9.68. The van der Waals surface area contributed by atoms with Crippen LogP contribution in [0.2, 0.25) is 0 Å².